The number of nitrogens with zero attached hydrogens (tertiary/aromatic N) is 7. The number of anilines is 3. The van der Waals surface area contributed by atoms with Crippen molar-refractivity contribution in [1.82, 2.24) is 29.9 Å². The van der Waals surface area contributed by atoms with E-state index in [2.05, 4.69) is 25.8 Å². The van der Waals surface area contributed by atoms with Crippen LogP contribution in [-0.2, 0) is 9.47 Å². The molecular formula is C31H36FN9O4. The monoisotopic (exact) mass is 617 g/mol. The molecule has 0 unspecified atom stereocenters. The van der Waals surface area contributed by atoms with E-state index in [4.69, 9.17) is 19.4 Å². The number of urea groups is 1. The predicted octanol–water partition coefficient (Wildman–Crippen LogP) is 5.08. The van der Waals surface area contributed by atoms with E-state index in [0.717, 1.165) is 5.56 Å². The van der Waals surface area contributed by atoms with Gasteiger partial charge in [0, 0.05) is 43.1 Å². The molecule has 0 saturated carbocycles. The van der Waals surface area contributed by atoms with E-state index >= 15 is 0 Å². The molecule has 2 aliphatic rings. The molecule has 2 aliphatic heterocycles. The number of rotatable bonds is 5. The van der Waals surface area contributed by atoms with Gasteiger partial charge in [0.1, 0.15) is 11.4 Å². The van der Waals surface area contributed by atoms with Crippen molar-refractivity contribution < 1.29 is 23.5 Å². The first-order chi connectivity index (χ1) is 21.6. The fourth-order valence-electron chi connectivity index (χ4n) is 5.34. The van der Waals surface area contributed by atoms with E-state index in [1.54, 1.807) is 17.0 Å². The molecule has 6 rings (SSSR count). The lowest BCUT2D eigenvalue weighted by molar-refractivity contribution is 0.0185. The zero-order valence-corrected chi connectivity index (χ0v) is 25.5. The Hall–Kier alpha value is -4.85. The minimum absolute atomic E-state index is 0.000159. The highest BCUT2D eigenvalue weighted by Gasteiger charge is 2.30. The number of hydrogen-bond acceptors (Lipinski definition) is 9. The van der Waals surface area contributed by atoms with Crippen LogP contribution in [0.5, 0.6) is 0 Å². The number of likely N-dealkylation sites (tertiary alicyclic amines) is 1. The summed E-state index contributed by atoms with van der Waals surface area (Å²) in [5.74, 6) is 0.814. The number of fused-ring (bicyclic) bond motifs is 1. The summed E-state index contributed by atoms with van der Waals surface area (Å²) >= 11 is 0. The number of piperidine rings is 1. The van der Waals surface area contributed by atoms with Gasteiger partial charge >= 0.3 is 12.1 Å². The summed E-state index contributed by atoms with van der Waals surface area (Å²) in [4.78, 5) is 38.8. The predicted molar refractivity (Wildman–Crippen MR) is 167 cm³/mol. The number of amides is 3. The first kappa shape index (κ1) is 30.2. The van der Waals surface area contributed by atoms with Gasteiger partial charge in [-0.25, -0.2) is 28.6 Å². The zero-order chi connectivity index (χ0) is 31.6. The van der Waals surface area contributed by atoms with Crippen molar-refractivity contribution in [2.24, 2.45) is 0 Å². The van der Waals surface area contributed by atoms with Gasteiger partial charge in [0.05, 0.1) is 19.3 Å². The number of ether oxygens (including phenoxy) is 2. The molecule has 3 amide bonds. The maximum absolute atomic E-state index is 13.2. The van der Waals surface area contributed by atoms with Gasteiger partial charge in [-0.1, -0.05) is 5.21 Å². The lowest BCUT2D eigenvalue weighted by Gasteiger charge is -2.33. The summed E-state index contributed by atoms with van der Waals surface area (Å²) in [7, 11) is 0. The molecule has 0 atom stereocenters. The third-order valence-electron chi connectivity index (χ3n) is 7.58. The lowest BCUT2D eigenvalue weighted by Crippen LogP contribution is -2.42. The van der Waals surface area contributed by atoms with Crippen LogP contribution in [0.15, 0.2) is 48.5 Å². The Labute approximate surface area is 259 Å². The largest absolute Gasteiger partial charge is 0.444 e. The van der Waals surface area contributed by atoms with Gasteiger partial charge in [-0.15, -0.1) is 5.10 Å². The minimum atomic E-state index is -0.552. The summed E-state index contributed by atoms with van der Waals surface area (Å²) in [6, 6.07) is 12.3. The molecule has 14 heteroatoms. The SMILES string of the molecule is CC(C)(C)OC(=O)N1CCC(n2nnc3c(N4CCOCC4)nc(-c4ccc(NC(=O)Nc5ccc(F)cc5)cc4)nc32)CC1. The third kappa shape index (κ3) is 7.11. The number of carbonyl (C=O) groups excluding carboxylic acids is 2. The van der Waals surface area contributed by atoms with Crippen LogP contribution in [0.25, 0.3) is 22.6 Å². The Bertz CT molecular complexity index is 1660. The smallest absolute Gasteiger partial charge is 0.410 e. The van der Waals surface area contributed by atoms with Gasteiger partial charge in [0.2, 0.25) is 0 Å². The van der Waals surface area contributed by atoms with Crippen molar-refractivity contribution in [3.63, 3.8) is 0 Å². The highest BCUT2D eigenvalue weighted by molar-refractivity contribution is 5.99. The first-order valence-corrected chi connectivity index (χ1v) is 15.0. The van der Waals surface area contributed by atoms with Gasteiger partial charge in [0.25, 0.3) is 0 Å². The van der Waals surface area contributed by atoms with Crippen LogP contribution in [0.1, 0.15) is 39.7 Å². The van der Waals surface area contributed by atoms with Crippen LogP contribution in [0, 0.1) is 5.82 Å². The Morgan fingerprint density at radius 1 is 0.911 bits per heavy atom. The topological polar surface area (TPSA) is 140 Å². The summed E-state index contributed by atoms with van der Waals surface area (Å²) < 4.78 is 26.2. The number of benzene rings is 2. The molecule has 4 aromatic rings. The molecule has 0 radical (unpaired) electrons. The minimum Gasteiger partial charge on any atom is -0.444 e. The Morgan fingerprint density at radius 3 is 2.16 bits per heavy atom. The molecule has 0 bridgehead atoms. The second kappa shape index (κ2) is 12.6. The second-order valence-electron chi connectivity index (χ2n) is 12.0. The standard InChI is InChI=1S/C31H36FN9O4/c1-31(2,3)45-30(43)40-14-12-24(13-15-40)41-28-25(37-38-41)27(39-16-18-44-19-17-39)35-26(36-28)20-4-8-22(9-5-20)33-29(42)34-23-10-6-21(32)7-11-23/h4-11,24H,12-19H2,1-3H3,(H2,33,34,42). The van der Waals surface area contributed by atoms with Crippen LogP contribution >= 0.6 is 0 Å². The number of halogens is 1. The van der Waals surface area contributed by atoms with E-state index in [1.807, 2.05) is 37.6 Å². The first-order valence-electron chi connectivity index (χ1n) is 15.0. The summed E-state index contributed by atoms with van der Waals surface area (Å²) in [5.41, 5.74) is 2.48. The van der Waals surface area contributed by atoms with E-state index < -0.39 is 11.6 Å². The fourth-order valence-corrected chi connectivity index (χ4v) is 5.34. The van der Waals surface area contributed by atoms with Gasteiger partial charge in [-0.2, -0.15) is 0 Å². The maximum atomic E-state index is 13.2. The highest BCUT2D eigenvalue weighted by Crippen LogP contribution is 2.31. The Kier molecular flexibility index (Phi) is 8.48. The van der Waals surface area contributed by atoms with Crippen LogP contribution in [0.2, 0.25) is 0 Å². The molecule has 13 nitrogen and oxygen atoms in total. The van der Waals surface area contributed by atoms with Crippen LogP contribution in [0.3, 0.4) is 0 Å². The number of hydrogen-bond donors (Lipinski definition) is 2. The lowest BCUT2D eigenvalue weighted by atomic mass is 10.1. The Balaban J connectivity index is 1.23. The molecular weight excluding hydrogens is 581 g/mol. The van der Waals surface area contributed by atoms with Gasteiger partial charge in [0.15, 0.2) is 22.8 Å². The average Bonchev–Trinajstić information content (AvgIpc) is 3.46. The normalized spacial score (nSPS) is 16.1. The third-order valence-corrected chi connectivity index (χ3v) is 7.58. The molecule has 0 aliphatic carbocycles. The highest BCUT2D eigenvalue weighted by atomic mass is 19.1. The Morgan fingerprint density at radius 2 is 1.53 bits per heavy atom. The van der Waals surface area contributed by atoms with Gasteiger partial charge in [-0.3, -0.25) is 0 Å². The molecule has 2 N–H and O–H groups in total. The number of aromatic nitrogens is 5. The van der Waals surface area contributed by atoms with E-state index in [1.165, 1.54) is 24.3 Å². The number of nitrogens with one attached hydrogen (secondary N) is 2. The zero-order valence-electron chi connectivity index (χ0n) is 25.5. The molecule has 45 heavy (non-hydrogen) atoms. The molecule has 2 aromatic heterocycles. The van der Waals surface area contributed by atoms with Crippen LogP contribution in [0.4, 0.5) is 31.2 Å². The molecule has 2 saturated heterocycles. The average molecular weight is 618 g/mol. The van der Waals surface area contributed by atoms with Crippen molar-refractivity contribution in [2.45, 2.75) is 45.3 Å². The molecule has 2 aromatic carbocycles. The van der Waals surface area contributed by atoms with Crippen molar-refractivity contribution >= 4 is 40.5 Å². The number of morpholine rings is 1. The van der Waals surface area contributed by atoms with E-state index in [-0.39, 0.29) is 18.0 Å². The van der Waals surface area contributed by atoms with Crippen molar-refractivity contribution in [3.8, 4) is 11.4 Å². The van der Waals surface area contributed by atoms with E-state index in [0.29, 0.717) is 86.4 Å². The van der Waals surface area contributed by atoms with Crippen molar-refractivity contribution in [1.29, 1.82) is 0 Å². The van der Waals surface area contributed by atoms with Crippen LogP contribution < -0.4 is 15.5 Å². The fraction of sp³-hybridized carbons (Fsp3) is 0.419. The van der Waals surface area contributed by atoms with Crippen LogP contribution in [-0.4, -0.2) is 87.0 Å². The molecule has 4 heterocycles. The number of carbonyl (C=O) groups is 2. The molecule has 236 valence electrons. The van der Waals surface area contributed by atoms with Gasteiger partial charge < -0.3 is 29.9 Å². The summed E-state index contributed by atoms with van der Waals surface area (Å²) in [5, 5.41) is 14.5. The van der Waals surface area contributed by atoms with Gasteiger partial charge in [-0.05, 0) is 82.1 Å². The van der Waals surface area contributed by atoms with E-state index in [9.17, 15) is 14.0 Å². The maximum Gasteiger partial charge on any atom is 0.410 e. The van der Waals surface area contributed by atoms with Crippen molar-refractivity contribution in [3.05, 3.63) is 54.3 Å². The molecule has 0 spiro atoms. The summed E-state index contributed by atoms with van der Waals surface area (Å²) in [6.45, 7) is 9.16. The second-order valence-corrected chi connectivity index (χ2v) is 12.0. The summed E-state index contributed by atoms with van der Waals surface area (Å²) in [6.07, 6.45) is 1.06. The quantitative estimate of drug-likeness (QED) is 0.314. The van der Waals surface area contributed by atoms with Crippen molar-refractivity contribution in [2.75, 3.05) is 54.9 Å². The molecule has 2 fully saturated rings.